The maximum absolute atomic E-state index is 12.6. The van der Waals surface area contributed by atoms with Gasteiger partial charge in [-0.3, -0.25) is 24.6 Å². The van der Waals surface area contributed by atoms with Crippen molar-refractivity contribution in [3.05, 3.63) is 23.8 Å². The molecule has 2 saturated heterocycles. The van der Waals surface area contributed by atoms with Crippen molar-refractivity contribution in [2.24, 2.45) is 11.8 Å². The molecule has 2 fully saturated rings. The van der Waals surface area contributed by atoms with E-state index >= 15 is 0 Å². The number of nitrogens with zero attached hydrogens (tertiary/aromatic N) is 1. The summed E-state index contributed by atoms with van der Waals surface area (Å²) in [5.74, 6) is -2.91. The van der Waals surface area contributed by atoms with Gasteiger partial charge in [0.25, 0.3) is 0 Å². The number of esters is 1. The smallest absolute Gasteiger partial charge is 0.323 e. The Kier molecular flexibility index (Phi) is 4.38. The molecule has 3 rings (SSSR count). The summed E-state index contributed by atoms with van der Waals surface area (Å²) < 4.78 is 10.1. The van der Waals surface area contributed by atoms with Crippen molar-refractivity contribution in [2.75, 3.05) is 20.8 Å². The van der Waals surface area contributed by atoms with E-state index in [0.717, 1.165) is 4.90 Å². The highest BCUT2D eigenvalue weighted by atomic mass is 16.5. The molecule has 2 heterocycles. The van der Waals surface area contributed by atoms with Crippen molar-refractivity contribution >= 4 is 17.8 Å². The maximum Gasteiger partial charge on any atom is 0.323 e. The Hall–Kier alpha value is -2.61. The number of imide groups is 1. The molecule has 0 spiro atoms. The Labute approximate surface area is 144 Å². The summed E-state index contributed by atoms with van der Waals surface area (Å²) in [6.45, 7) is 2.16. The molecule has 1 aromatic rings. The zero-order chi connectivity index (χ0) is 18.3. The fourth-order valence-electron chi connectivity index (χ4n) is 3.65. The Bertz CT molecular complexity index is 734. The van der Waals surface area contributed by atoms with Gasteiger partial charge >= 0.3 is 5.97 Å². The van der Waals surface area contributed by atoms with E-state index < -0.39 is 35.8 Å². The van der Waals surface area contributed by atoms with E-state index in [-0.39, 0.29) is 17.4 Å². The number of para-hydroxylation sites is 1. The molecule has 8 heteroatoms. The number of hydrogen-bond donors (Lipinski definition) is 2. The van der Waals surface area contributed by atoms with Crippen LogP contribution in [-0.2, 0) is 19.1 Å². The molecule has 0 unspecified atom stereocenters. The number of phenols is 1. The first-order valence-electron chi connectivity index (χ1n) is 8.02. The molecule has 0 radical (unpaired) electrons. The van der Waals surface area contributed by atoms with Crippen LogP contribution in [-0.4, -0.2) is 54.6 Å². The number of ether oxygens (including phenoxy) is 2. The average molecular weight is 348 g/mol. The van der Waals surface area contributed by atoms with Crippen LogP contribution in [0.25, 0.3) is 0 Å². The highest BCUT2D eigenvalue weighted by Gasteiger charge is 2.60. The lowest BCUT2D eigenvalue weighted by Crippen LogP contribution is -2.42. The number of benzene rings is 1. The third-order valence-electron chi connectivity index (χ3n) is 4.82. The minimum Gasteiger partial charge on any atom is -0.504 e. The Morgan fingerprint density at radius 1 is 1.28 bits per heavy atom. The van der Waals surface area contributed by atoms with Crippen molar-refractivity contribution in [3.8, 4) is 11.5 Å². The number of amides is 2. The number of phenolic OH excluding ortho intramolecular Hbond substituents is 1. The molecule has 2 amide bonds. The zero-order valence-corrected chi connectivity index (χ0v) is 14.2. The van der Waals surface area contributed by atoms with Gasteiger partial charge in [-0.15, -0.1) is 0 Å². The number of carbonyl (C=O) groups is 3. The van der Waals surface area contributed by atoms with E-state index in [1.54, 1.807) is 25.1 Å². The third-order valence-corrected chi connectivity index (χ3v) is 4.82. The van der Waals surface area contributed by atoms with Crippen LogP contribution < -0.4 is 10.1 Å². The molecule has 0 saturated carbocycles. The summed E-state index contributed by atoms with van der Waals surface area (Å²) in [6.07, 6.45) is 0. The molecule has 0 bridgehead atoms. The summed E-state index contributed by atoms with van der Waals surface area (Å²) in [5.41, 5.74) is 0.406. The Balaban J connectivity index is 2.05. The summed E-state index contributed by atoms with van der Waals surface area (Å²) in [7, 11) is 2.62. The van der Waals surface area contributed by atoms with Crippen LogP contribution >= 0.6 is 0 Å². The maximum atomic E-state index is 12.6. The summed E-state index contributed by atoms with van der Waals surface area (Å²) in [4.78, 5) is 38.1. The van der Waals surface area contributed by atoms with Crippen molar-refractivity contribution in [1.82, 2.24) is 10.2 Å². The molecular weight excluding hydrogens is 328 g/mol. The van der Waals surface area contributed by atoms with Crippen molar-refractivity contribution in [3.63, 3.8) is 0 Å². The van der Waals surface area contributed by atoms with Gasteiger partial charge in [0.05, 0.1) is 25.6 Å². The van der Waals surface area contributed by atoms with Crippen LogP contribution in [0.1, 0.15) is 18.5 Å². The standard InChI is InChI=1S/C17H20N2O6/c1-4-25-9-7-5-6-8(14(9)20)12-10-11(13(18-12)17(23)24-3)16(22)19(2)15(10)21/h5-7,10-13,18,20H,4H2,1-3H3/t10-,11+,12-,13-/m1/s1. The minimum atomic E-state index is -0.948. The third kappa shape index (κ3) is 2.53. The molecule has 2 aliphatic rings. The van der Waals surface area contributed by atoms with Gasteiger partial charge in [0.15, 0.2) is 11.5 Å². The molecule has 1 aromatic carbocycles. The quantitative estimate of drug-likeness (QED) is 0.592. The Morgan fingerprint density at radius 2 is 1.96 bits per heavy atom. The second-order valence-corrected chi connectivity index (χ2v) is 6.06. The number of hydrogen-bond acceptors (Lipinski definition) is 7. The first-order valence-corrected chi connectivity index (χ1v) is 8.02. The fraction of sp³-hybridized carbons (Fsp3) is 0.471. The first kappa shape index (κ1) is 17.2. The van der Waals surface area contributed by atoms with Crippen LogP contribution in [0.2, 0.25) is 0 Å². The molecular formula is C17H20N2O6. The monoisotopic (exact) mass is 348 g/mol. The van der Waals surface area contributed by atoms with Crippen LogP contribution in [0, 0.1) is 11.8 Å². The number of fused-ring (bicyclic) bond motifs is 1. The van der Waals surface area contributed by atoms with Gasteiger partial charge in [-0.05, 0) is 13.0 Å². The normalized spacial score (nSPS) is 28.2. The van der Waals surface area contributed by atoms with E-state index in [9.17, 15) is 19.5 Å². The number of methoxy groups -OCH3 is 1. The number of likely N-dealkylation sites (tertiary alicyclic amines) is 1. The van der Waals surface area contributed by atoms with Crippen LogP contribution in [0.5, 0.6) is 11.5 Å². The SMILES string of the molecule is CCOc1cccc([C@H]2N[C@@H](C(=O)OC)[C@H]3C(=O)N(C)C(=O)[C@H]32)c1O. The predicted molar refractivity (Wildman–Crippen MR) is 85.7 cm³/mol. The number of rotatable bonds is 4. The van der Waals surface area contributed by atoms with Crippen molar-refractivity contribution < 1.29 is 29.0 Å². The second kappa shape index (κ2) is 6.36. The number of carbonyl (C=O) groups excluding carboxylic acids is 3. The van der Waals surface area contributed by atoms with Gasteiger partial charge in [-0.25, -0.2) is 0 Å². The van der Waals surface area contributed by atoms with Crippen LogP contribution in [0.3, 0.4) is 0 Å². The molecule has 0 aromatic heterocycles. The number of aromatic hydroxyl groups is 1. The van der Waals surface area contributed by atoms with Gasteiger partial charge in [-0.2, -0.15) is 0 Å². The van der Waals surface area contributed by atoms with E-state index in [4.69, 9.17) is 9.47 Å². The first-order chi connectivity index (χ1) is 11.9. The fourth-order valence-corrected chi connectivity index (χ4v) is 3.65. The highest BCUT2D eigenvalue weighted by Crippen LogP contribution is 2.47. The molecule has 8 nitrogen and oxygen atoms in total. The highest BCUT2D eigenvalue weighted by molar-refractivity contribution is 6.08. The van der Waals surface area contributed by atoms with Gasteiger partial charge < -0.3 is 14.6 Å². The Morgan fingerprint density at radius 3 is 2.60 bits per heavy atom. The molecule has 25 heavy (non-hydrogen) atoms. The van der Waals surface area contributed by atoms with Gasteiger partial charge in [0.1, 0.15) is 6.04 Å². The molecule has 134 valence electrons. The van der Waals surface area contributed by atoms with E-state index in [0.29, 0.717) is 12.2 Å². The predicted octanol–water partition coefficient (Wildman–Crippen LogP) is 0.208. The molecule has 2 aliphatic heterocycles. The van der Waals surface area contributed by atoms with E-state index in [1.807, 2.05) is 0 Å². The summed E-state index contributed by atoms with van der Waals surface area (Å²) in [6, 6.07) is 3.29. The molecule has 2 N–H and O–H groups in total. The van der Waals surface area contributed by atoms with Gasteiger partial charge in [0.2, 0.25) is 11.8 Å². The van der Waals surface area contributed by atoms with Crippen molar-refractivity contribution in [2.45, 2.75) is 19.0 Å². The average Bonchev–Trinajstić information content (AvgIpc) is 3.10. The minimum absolute atomic E-state index is 0.110. The largest absolute Gasteiger partial charge is 0.504 e. The lowest BCUT2D eigenvalue weighted by Gasteiger charge is -2.21. The topological polar surface area (TPSA) is 105 Å². The van der Waals surface area contributed by atoms with Crippen LogP contribution in [0.4, 0.5) is 0 Å². The summed E-state index contributed by atoms with van der Waals surface area (Å²) >= 11 is 0. The molecule has 0 aliphatic carbocycles. The van der Waals surface area contributed by atoms with E-state index in [2.05, 4.69) is 5.32 Å². The van der Waals surface area contributed by atoms with Crippen molar-refractivity contribution in [1.29, 1.82) is 0 Å². The zero-order valence-electron chi connectivity index (χ0n) is 14.2. The second-order valence-electron chi connectivity index (χ2n) is 6.06. The van der Waals surface area contributed by atoms with Gasteiger partial charge in [-0.1, -0.05) is 12.1 Å². The lowest BCUT2D eigenvalue weighted by molar-refractivity contribution is -0.147. The van der Waals surface area contributed by atoms with E-state index in [1.165, 1.54) is 14.2 Å². The summed E-state index contributed by atoms with van der Waals surface area (Å²) in [5, 5.41) is 13.5. The molecule has 4 atom stereocenters. The van der Waals surface area contributed by atoms with Crippen LogP contribution in [0.15, 0.2) is 18.2 Å². The van der Waals surface area contributed by atoms with Gasteiger partial charge in [0, 0.05) is 18.7 Å². The number of nitrogens with one attached hydrogen (secondary N) is 1. The lowest BCUT2D eigenvalue weighted by atomic mass is 9.86.